The molecule has 1 aromatic carbocycles. The highest BCUT2D eigenvalue weighted by atomic mass is 15.0. The van der Waals surface area contributed by atoms with Crippen molar-refractivity contribution >= 4 is 0 Å². The molecule has 0 radical (unpaired) electrons. The Hall–Kier alpha value is -0.820. The highest BCUT2D eigenvalue weighted by Gasteiger charge is 2.35. The Bertz CT molecular complexity index is 344. The van der Waals surface area contributed by atoms with Crippen LogP contribution in [0.2, 0.25) is 0 Å². The normalized spacial score (nSPS) is 24.2. The van der Waals surface area contributed by atoms with Crippen LogP contribution in [-0.2, 0) is 0 Å². The van der Waals surface area contributed by atoms with Gasteiger partial charge in [-0.15, -0.1) is 0 Å². The van der Waals surface area contributed by atoms with Gasteiger partial charge in [0.1, 0.15) is 0 Å². The molecule has 18 heavy (non-hydrogen) atoms. The van der Waals surface area contributed by atoms with Gasteiger partial charge < -0.3 is 5.32 Å². The molecule has 0 aliphatic heterocycles. The highest BCUT2D eigenvalue weighted by molar-refractivity contribution is 5.20. The van der Waals surface area contributed by atoms with E-state index in [4.69, 9.17) is 0 Å². The Morgan fingerprint density at radius 3 is 2.56 bits per heavy atom. The van der Waals surface area contributed by atoms with Gasteiger partial charge in [-0.3, -0.25) is 0 Å². The standard InChI is InChI=1S/C17H27N/c1-4-8-15-11-17(15)18-12-16(13(2)3)14-9-6-5-7-10-14/h5-7,9-10,13,15-18H,4,8,11-12H2,1-3H3. The van der Waals surface area contributed by atoms with Crippen LogP contribution in [0.15, 0.2) is 30.3 Å². The van der Waals surface area contributed by atoms with Crippen molar-refractivity contribution in [1.29, 1.82) is 0 Å². The molecule has 0 bridgehead atoms. The van der Waals surface area contributed by atoms with Gasteiger partial charge in [0.05, 0.1) is 0 Å². The van der Waals surface area contributed by atoms with Crippen LogP contribution in [0.1, 0.15) is 51.5 Å². The molecule has 0 aromatic heterocycles. The Labute approximate surface area is 112 Å². The third-order valence-electron chi connectivity index (χ3n) is 4.21. The van der Waals surface area contributed by atoms with Crippen LogP contribution in [0.4, 0.5) is 0 Å². The summed E-state index contributed by atoms with van der Waals surface area (Å²) in [5, 5.41) is 3.77. The summed E-state index contributed by atoms with van der Waals surface area (Å²) in [4.78, 5) is 0. The van der Waals surface area contributed by atoms with Crippen LogP contribution in [0.3, 0.4) is 0 Å². The maximum Gasteiger partial charge on any atom is 0.00993 e. The summed E-state index contributed by atoms with van der Waals surface area (Å²) in [6.07, 6.45) is 4.12. The van der Waals surface area contributed by atoms with E-state index >= 15 is 0 Å². The lowest BCUT2D eigenvalue weighted by Crippen LogP contribution is -2.27. The van der Waals surface area contributed by atoms with Gasteiger partial charge in [0.15, 0.2) is 0 Å². The van der Waals surface area contributed by atoms with E-state index < -0.39 is 0 Å². The van der Waals surface area contributed by atoms with Gasteiger partial charge in [-0.1, -0.05) is 57.5 Å². The van der Waals surface area contributed by atoms with E-state index in [2.05, 4.69) is 56.4 Å². The maximum atomic E-state index is 3.77. The van der Waals surface area contributed by atoms with Gasteiger partial charge in [0.2, 0.25) is 0 Å². The smallest absolute Gasteiger partial charge is 0.00993 e. The van der Waals surface area contributed by atoms with Crippen LogP contribution in [0, 0.1) is 11.8 Å². The second-order valence-electron chi connectivity index (χ2n) is 6.06. The topological polar surface area (TPSA) is 12.0 Å². The highest BCUT2D eigenvalue weighted by Crippen LogP contribution is 2.35. The average Bonchev–Trinajstić information content (AvgIpc) is 3.09. The predicted molar refractivity (Wildman–Crippen MR) is 78.8 cm³/mol. The predicted octanol–water partition coefficient (Wildman–Crippen LogP) is 4.20. The summed E-state index contributed by atoms with van der Waals surface area (Å²) in [5.41, 5.74) is 1.48. The molecule has 1 N–H and O–H groups in total. The van der Waals surface area contributed by atoms with Crippen molar-refractivity contribution in [2.45, 2.75) is 52.0 Å². The average molecular weight is 245 g/mol. The third kappa shape index (κ3) is 3.58. The molecule has 0 amide bonds. The molecular formula is C17H27N. The van der Waals surface area contributed by atoms with E-state index in [-0.39, 0.29) is 0 Å². The molecule has 0 saturated heterocycles. The summed E-state index contributed by atoms with van der Waals surface area (Å²) < 4.78 is 0. The molecule has 0 spiro atoms. The summed E-state index contributed by atoms with van der Waals surface area (Å²) in [6, 6.07) is 11.7. The Balaban J connectivity index is 1.85. The fraction of sp³-hybridized carbons (Fsp3) is 0.647. The molecule has 3 unspecified atom stereocenters. The minimum Gasteiger partial charge on any atom is -0.313 e. The number of benzene rings is 1. The van der Waals surface area contributed by atoms with Crippen molar-refractivity contribution in [3.05, 3.63) is 35.9 Å². The van der Waals surface area contributed by atoms with Crippen LogP contribution in [-0.4, -0.2) is 12.6 Å². The van der Waals surface area contributed by atoms with E-state index in [1.54, 1.807) is 0 Å². The van der Waals surface area contributed by atoms with Crippen molar-refractivity contribution < 1.29 is 0 Å². The molecule has 2 rings (SSSR count). The Morgan fingerprint density at radius 1 is 1.22 bits per heavy atom. The van der Waals surface area contributed by atoms with Crippen LogP contribution < -0.4 is 5.32 Å². The van der Waals surface area contributed by atoms with E-state index in [9.17, 15) is 0 Å². The summed E-state index contributed by atoms with van der Waals surface area (Å²) in [5.74, 6) is 2.30. The quantitative estimate of drug-likeness (QED) is 0.759. The van der Waals surface area contributed by atoms with Gasteiger partial charge in [-0.05, 0) is 36.2 Å². The zero-order valence-corrected chi connectivity index (χ0v) is 12.0. The first-order chi connectivity index (χ1) is 8.72. The van der Waals surface area contributed by atoms with Crippen LogP contribution in [0.25, 0.3) is 0 Å². The first kappa shape index (κ1) is 13.6. The van der Waals surface area contributed by atoms with Gasteiger partial charge >= 0.3 is 0 Å². The molecule has 100 valence electrons. The van der Waals surface area contributed by atoms with Gasteiger partial charge in [-0.2, -0.15) is 0 Å². The summed E-state index contributed by atoms with van der Waals surface area (Å²) in [7, 11) is 0. The molecule has 1 saturated carbocycles. The van der Waals surface area contributed by atoms with Gasteiger partial charge in [0, 0.05) is 12.6 Å². The summed E-state index contributed by atoms with van der Waals surface area (Å²) in [6.45, 7) is 8.08. The molecule has 1 aliphatic rings. The lowest BCUT2D eigenvalue weighted by Gasteiger charge is -2.22. The van der Waals surface area contributed by atoms with Crippen LogP contribution >= 0.6 is 0 Å². The molecule has 1 heteroatoms. The zero-order chi connectivity index (χ0) is 13.0. The molecule has 1 aliphatic carbocycles. The van der Waals surface area contributed by atoms with Crippen molar-refractivity contribution in [3.8, 4) is 0 Å². The molecule has 1 nitrogen and oxygen atoms in total. The van der Waals surface area contributed by atoms with Gasteiger partial charge in [-0.25, -0.2) is 0 Å². The monoisotopic (exact) mass is 245 g/mol. The number of hydrogen-bond acceptors (Lipinski definition) is 1. The SMILES string of the molecule is CCCC1CC1NCC(c1ccccc1)C(C)C. The van der Waals surface area contributed by atoms with Crippen molar-refractivity contribution in [3.63, 3.8) is 0 Å². The lowest BCUT2D eigenvalue weighted by molar-refractivity contribution is 0.452. The maximum absolute atomic E-state index is 3.77. The molecule has 3 atom stereocenters. The molecule has 0 heterocycles. The lowest BCUT2D eigenvalue weighted by atomic mass is 9.88. The van der Waals surface area contributed by atoms with E-state index in [1.165, 1.54) is 24.8 Å². The zero-order valence-electron chi connectivity index (χ0n) is 12.0. The Morgan fingerprint density at radius 2 is 1.94 bits per heavy atom. The Kier molecular flexibility index (Phi) is 4.82. The fourth-order valence-corrected chi connectivity index (χ4v) is 2.90. The second kappa shape index (κ2) is 6.38. The van der Waals surface area contributed by atoms with Crippen molar-refractivity contribution in [2.75, 3.05) is 6.54 Å². The van der Waals surface area contributed by atoms with E-state index in [1.807, 2.05) is 0 Å². The first-order valence-corrected chi connectivity index (χ1v) is 7.50. The summed E-state index contributed by atoms with van der Waals surface area (Å²) >= 11 is 0. The van der Waals surface area contributed by atoms with Crippen molar-refractivity contribution in [2.24, 2.45) is 11.8 Å². The fourth-order valence-electron chi connectivity index (χ4n) is 2.90. The molecular weight excluding hydrogens is 218 g/mol. The second-order valence-corrected chi connectivity index (χ2v) is 6.06. The minimum atomic E-state index is 0.647. The first-order valence-electron chi connectivity index (χ1n) is 7.50. The van der Waals surface area contributed by atoms with Crippen molar-refractivity contribution in [1.82, 2.24) is 5.32 Å². The largest absolute Gasteiger partial charge is 0.313 e. The number of nitrogens with one attached hydrogen (secondary N) is 1. The minimum absolute atomic E-state index is 0.647. The number of hydrogen-bond donors (Lipinski definition) is 1. The van der Waals surface area contributed by atoms with E-state index in [0.29, 0.717) is 11.8 Å². The number of rotatable bonds is 7. The van der Waals surface area contributed by atoms with Gasteiger partial charge in [0.25, 0.3) is 0 Å². The third-order valence-corrected chi connectivity index (χ3v) is 4.21. The van der Waals surface area contributed by atoms with Crippen LogP contribution in [0.5, 0.6) is 0 Å². The van der Waals surface area contributed by atoms with E-state index in [0.717, 1.165) is 18.5 Å². The molecule has 1 fully saturated rings. The molecule has 1 aromatic rings.